The number of pyridine rings is 1. The Morgan fingerprint density at radius 3 is 2.44 bits per heavy atom. The third-order valence-electron chi connectivity index (χ3n) is 14.2. The summed E-state index contributed by atoms with van der Waals surface area (Å²) in [5.41, 5.74) is 10.1. The van der Waals surface area contributed by atoms with E-state index in [1.54, 1.807) is 49.2 Å². The number of halogens is 3. The van der Waals surface area contributed by atoms with Crippen LogP contribution in [0, 0.1) is 5.82 Å². The summed E-state index contributed by atoms with van der Waals surface area (Å²) in [6, 6.07) is 13.9. The lowest BCUT2D eigenvalue weighted by Gasteiger charge is -2.34. The number of imide groups is 2. The molecule has 73 heavy (non-hydrogen) atoms. The fraction of sp³-hybridized carbons (Fsp3) is 0.380. The molecule has 23 heteroatoms. The summed E-state index contributed by atoms with van der Waals surface area (Å²) < 4.78 is 83.3. The summed E-state index contributed by atoms with van der Waals surface area (Å²) >= 11 is 0. The molecule has 382 valence electrons. The van der Waals surface area contributed by atoms with E-state index in [2.05, 4.69) is 20.1 Å². The van der Waals surface area contributed by atoms with E-state index in [1.165, 1.54) is 42.5 Å². The van der Waals surface area contributed by atoms with Crippen LogP contribution in [0.5, 0.6) is 11.5 Å². The maximum Gasteiger partial charge on any atom is 0.355 e. The number of aromatic nitrogens is 5. The summed E-state index contributed by atoms with van der Waals surface area (Å²) in [4.78, 5) is 61.6. The first-order valence-corrected chi connectivity index (χ1v) is 25.5. The zero-order chi connectivity index (χ0) is 51.3. The van der Waals surface area contributed by atoms with Crippen molar-refractivity contribution in [3.05, 3.63) is 102 Å². The highest BCUT2D eigenvalue weighted by Crippen LogP contribution is 2.41. The number of nitrogens with two attached hydrogens (primary N) is 1. The molecule has 3 aromatic carbocycles. The van der Waals surface area contributed by atoms with E-state index in [0.717, 1.165) is 68.9 Å². The van der Waals surface area contributed by atoms with Crippen molar-refractivity contribution in [1.29, 1.82) is 0 Å². The number of benzene rings is 3. The zero-order valence-electron chi connectivity index (χ0n) is 39.8. The van der Waals surface area contributed by atoms with Crippen LogP contribution in [0.3, 0.4) is 0 Å². The van der Waals surface area contributed by atoms with Gasteiger partial charge in [-0.2, -0.15) is 19.0 Å². The minimum absolute atomic E-state index is 0.0390. The van der Waals surface area contributed by atoms with Crippen LogP contribution >= 0.6 is 0 Å². The Balaban J connectivity index is 0.783. The van der Waals surface area contributed by atoms with Crippen molar-refractivity contribution in [3.63, 3.8) is 0 Å². The lowest BCUT2D eigenvalue weighted by Crippen LogP contribution is -2.54. The van der Waals surface area contributed by atoms with E-state index in [-0.39, 0.29) is 53.3 Å². The fourth-order valence-corrected chi connectivity index (χ4v) is 10.9. The second-order valence-corrected chi connectivity index (χ2v) is 20.4. The monoisotopic (exact) mass is 1020 g/mol. The van der Waals surface area contributed by atoms with Crippen molar-refractivity contribution < 1.29 is 50.2 Å². The number of hydrogen-bond acceptors (Lipinski definition) is 14. The predicted molar refractivity (Wildman–Crippen MR) is 261 cm³/mol. The topological polar surface area (TPSA) is 229 Å². The first kappa shape index (κ1) is 49.2. The Kier molecular flexibility index (Phi) is 13.4. The van der Waals surface area contributed by atoms with Crippen molar-refractivity contribution in [1.82, 2.24) is 44.6 Å². The number of piperidine rings is 2. The highest BCUT2D eigenvalue weighted by molar-refractivity contribution is 7.93. The van der Waals surface area contributed by atoms with Crippen LogP contribution in [-0.4, -0.2) is 128 Å². The number of anilines is 2. The smallest absolute Gasteiger partial charge is 0.355 e. The fourth-order valence-electron chi connectivity index (χ4n) is 10.3. The lowest BCUT2D eigenvalue weighted by molar-refractivity contribution is -0.136. The summed E-state index contributed by atoms with van der Waals surface area (Å²) in [6.45, 7) is 6.30. The average Bonchev–Trinajstić information content (AvgIpc) is 4.18. The normalized spacial score (nSPS) is 19.5. The van der Waals surface area contributed by atoms with E-state index in [4.69, 9.17) is 25.4 Å². The second kappa shape index (κ2) is 19.9. The molecular weight excluding hydrogens is 972 g/mol. The number of fused-ring (bicyclic) bond motifs is 2. The molecule has 7 heterocycles. The minimum Gasteiger partial charge on any atom is -0.491 e. The number of hydrogen-bond donors (Lipinski definition) is 3. The number of likely N-dealkylation sites (tertiary alicyclic amines) is 2. The van der Waals surface area contributed by atoms with E-state index < -0.39 is 57.4 Å². The van der Waals surface area contributed by atoms with Crippen molar-refractivity contribution in [2.24, 2.45) is 7.05 Å². The number of carbonyl (C=O) groups excluding carboxylic acids is 4. The standard InChI is InChI=1S/C50H52F3N11O8S/c1-28(29-8-11-32(51)12-9-29)72-40-23-30(10-13-37(40)59-73(69,70)50(52)53)44-43-45(60(2)58-44)36(25-55-46(43)54)31-24-56-63(26-31)33-16-19-61(20-17-33)21-22-62-18-4-5-34(62)27-71-39-7-3-6-35-42(39)49(68)64(48(35)67)38-14-15-41(65)57-47(38)66/h3,6-13,23-26,28,33-34,38,50,59H,4-5,14-22,27H2,1-2H3,(H2,54,55)(H,57,65,66)/t28-,34?,38?/m0/s1. The maximum absolute atomic E-state index is 13.7. The molecule has 4 aliphatic heterocycles. The molecule has 6 aromatic rings. The molecule has 4 N–H and O–H groups in total. The molecule has 10 rings (SSSR count). The molecule has 0 bridgehead atoms. The summed E-state index contributed by atoms with van der Waals surface area (Å²) in [5.74, 6) is -6.03. The van der Waals surface area contributed by atoms with E-state index in [9.17, 15) is 40.8 Å². The molecule has 19 nitrogen and oxygen atoms in total. The van der Waals surface area contributed by atoms with Gasteiger partial charge in [0.1, 0.15) is 47.6 Å². The molecule has 3 saturated heterocycles. The quantitative estimate of drug-likeness (QED) is 0.0959. The highest BCUT2D eigenvalue weighted by Gasteiger charge is 2.46. The number of sulfonamides is 1. The summed E-state index contributed by atoms with van der Waals surface area (Å²) in [7, 11) is -3.32. The Hall–Kier alpha value is -7.37. The van der Waals surface area contributed by atoms with Gasteiger partial charge in [-0.25, -0.2) is 17.8 Å². The maximum atomic E-state index is 13.7. The molecular formula is C50H52F3N11O8S. The molecule has 0 aliphatic carbocycles. The molecule has 0 spiro atoms. The summed E-state index contributed by atoms with van der Waals surface area (Å²) in [6.07, 6.45) is 8.45. The van der Waals surface area contributed by atoms with Gasteiger partial charge in [0.05, 0.1) is 40.0 Å². The molecule has 4 aliphatic rings. The number of ether oxygens (including phenoxy) is 2. The van der Waals surface area contributed by atoms with Crippen LogP contribution in [0.25, 0.3) is 33.3 Å². The van der Waals surface area contributed by atoms with Gasteiger partial charge >= 0.3 is 5.76 Å². The van der Waals surface area contributed by atoms with Crippen LogP contribution in [0.2, 0.25) is 0 Å². The molecule has 2 unspecified atom stereocenters. The van der Waals surface area contributed by atoms with Gasteiger partial charge in [0.2, 0.25) is 11.8 Å². The number of aryl methyl sites for hydroxylation is 1. The Bertz CT molecular complexity index is 3250. The van der Waals surface area contributed by atoms with Crippen molar-refractivity contribution in [3.8, 4) is 33.9 Å². The summed E-state index contributed by atoms with van der Waals surface area (Å²) in [5, 5.41) is 12.3. The number of nitrogens with zero attached hydrogens (tertiary/aromatic N) is 8. The van der Waals surface area contributed by atoms with Crippen LogP contribution < -0.4 is 25.2 Å². The Labute approximate surface area is 417 Å². The molecule has 4 amide bonds. The van der Waals surface area contributed by atoms with E-state index in [0.29, 0.717) is 45.6 Å². The number of carbonyl (C=O) groups is 4. The molecule has 0 saturated carbocycles. The van der Waals surface area contributed by atoms with Gasteiger partial charge in [-0.15, -0.1) is 0 Å². The van der Waals surface area contributed by atoms with Gasteiger partial charge in [0, 0.05) is 74.8 Å². The first-order chi connectivity index (χ1) is 35.0. The predicted octanol–water partition coefficient (Wildman–Crippen LogP) is 5.91. The molecule has 3 aromatic heterocycles. The van der Waals surface area contributed by atoms with Gasteiger partial charge in [0.15, 0.2) is 0 Å². The number of amides is 4. The molecule has 3 atom stereocenters. The van der Waals surface area contributed by atoms with Gasteiger partial charge in [-0.3, -0.25) is 48.4 Å². The Morgan fingerprint density at radius 2 is 1.68 bits per heavy atom. The largest absolute Gasteiger partial charge is 0.491 e. The third-order valence-corrected chi connectivity index (χ3v) is 15.2. The van der Waals surface area contributed by atoms with E-state index >= 15 is 0 Å². The number of alkyl halides is 2. The van der Waals surface area contributed by atoms with E-state index in [1.807, 2.05) is 15.6 Å². The highest BCUT2D eigenvalue weighted by atomic mass is 32.2. The SMILES string of the molecule is C[C@H](Oc1cc(-c2nn(C)c3c(-c4cnn(C5CCN(CCN6CCCC6COc6cccc7c6C(=O)N(C6CCC(=O)NC6=O)C7=O)CC5)c4)cnc(N)c23)ccc1NS(=O)(=O)C(F)F)c1ccc(F)cc1. The number of nitrogens with one attached hydrogen (secondary N) is 2. The van der Waals surface area contributed by atoms with Crippen LogP contribution in [0.15, 0.2) is 79.3 Å². The van der Waals surface area contributed by atoms with Crippen LogP contribution in [0.4, 0.5) is 24.7 Å². The lowest BCUT2D eigenvalue weighted by atomic mass is 10.0. The molecule has 0 radical (unpaired) electrons. The van der Waals surface area contributed by atoms with Gasteiger partial charge in [-0.1, -0.05) is 24.3 Å². The Morgan fingerprint density at radius 1 is 0.904 bits per heavy atom. The number of nitrogen functional groups attached to an aromatic ring is 1. The van der Waals surface area contributed by atoms with Gasteiger partial charge in [0.25, 0.3) is 21.8 Å². The van der Waals surface area contributed by atoms with Gasteiger partial charge in [-0.05, 0) is 87.5 Å². The van der Waals surface area contributed by atoms with Gasteiger partial charge < -0.3 is 20.1 Å². The first-order valence-electron chi connectivity index (χ1n) is 24.0. The minimum atomic E-state index is -5.07. The van der Waals surface area contributed by atoms with Crippen molar-refractivity contribution in [2.45, 2.75) is 75.4 Å². The van der Waals surface area contributed by atoms with Crippen LogP contribution in [-0.2, 0) is 26.7 Å². The third kappa shape index (κ3) is 9.70. The van der Waals surface area contributed by atoms with Crippen molar-refractivity contribution in [2.75, 3.05) is 49.8 Å². The zero-order valence-corrected chi connectivity index (χ0v) is 40.7. The average molecular weight is 1020 g/mol. The molecule has 3 fully saturated rings. The van der Waals surface area contributed by atoms with Crippen molar-refractivity contribution >= 4 is 56.1 Å². The second-order valence-electron chi connectivity index (χ2n) is 18.7. The number of rotatable bonds is 16. The van der Waals surface area contributed by atoms with Crippen LogP contribution in [0.1, 0.15) is 83.9 Å².